The first kappa shape index (κ1) is 50.3. The molecule has 7 aromatic carbocycles. The van der Waals surface area contributed by atoms with Crippen LogP contribution in [0.1, 0.15) is 114 Å². The molecule has 0 amide bonds. The van der Waals surface area contributed by atoms with Crippen LogP contribution < -0.4 is 25.9 Å². The molecule has 1 radical (unpaired) electrons. The SMILES string of the molecule is CC(C)c1cccc(C(C)C)c1-n1c(-c2[c-]ccc(-c3cc4c5c(c3)Oc3ccc(C(C)(C)C)cc3B5c3cc(C(C)(C)C)ccc3O4)c2)nc2ccccc21.Cc1cnc(-c2[c-]cc(F)cc2)cc1C.[Ir]. The van der Waals surface area contributed by atoms with Gasteiger partial charge in [0.05, 0.1) is 16.9 Å². The first-order valence-electron chi connectivity index (χ1n) is 24.9. The van der Waals surface area contributed by atoms with Gasteiger partial charge in [-0.3, -0.25) is 9.37 Å². The summed E-state index contributed by atoms with van der Waals surface area (Å²) >= 11 is 0. The maximum absolute atomic E-state index is 12.7. The number of pyridine rings is 1. The summed E-state index contributed by atoms with van der Waals surface area (Å²) in [5.74, 6) is 4.73. The topological polar surface area (TPSA) is 49.2 Å². The minimum Gasteiger partial charge on any atom is -0.458 e. The van der Waals surface area contributed by atoms with Crippen molar-refractivity contribution in [2.45, 2.75) is 106 Å². The Morgan fingerprint density at radius 1 is 0.611 bits per heavy atom. The van der Waals surface area contributed by atoms with Gasteiger partial charge < -0.3 is 19.0 Å². The predicted octanol–water partition coefficient (Wildman–Crippen LogP) is 15.0. The number of hydrogen-bond donors (Lipinski definition) is 0. The quantitative estimate of drug-likeness (QED) is 0.123. The molecular weight excluding hydrogens is 1060 g/mol. The summed E-state index contributed by atoms with van der Waals surface area (Å²) in [5.41, 5.74) is 18.9. The second-order valence-corrected chi connectivity index (χ2v) is 21.9. The molecular formula is C64H61BFIrN3O2-2. The maximum Gasteiger partial charge on any atom is 0.260 e. The zero-order chi connectivity index (χ0) is 50.1. The summed E-state index contributed by atoms with van der Waals surface area (Å²) in [6.07, 6.45) is 1.82. The number of para-hydroxylation sites is 3. The molecule has 4 heterocycles. The Morgan fingerprint density at radius 2 is 1.22 bits per heavy atom. The summed E-state index contributed by atoms with van der Waals surface area (Å²) in [6, 6.07) is 52.3. The van der Waals surface area contributed by atoms with Crippen LogP contribution in [0.2, 0.25) is 0 Å². The standard InChI is InChI=1S/C51H50BN2O2.C13H11FN.Ir/c1-30(2)37-17-14-18-38(31(3)4)48(37)54-42-20-12-11-19-41(42)53-49(54)33-16-13-15-32(25-33)34-26-45-47-46(27-34)56-44-24-22-36(51(8,9)10)29-40(44)52(47)39-28-35(50(5,6)7)21-23-43(39)55-45;1-9-7-13(15-8-10(9)2)11-3-5-12(14)6-4-11;/h11-15,17-31H,1-10H3;3,5-8H,1-2H3;/q2*-1;. The number of aryl methyl sites for hydroxylation is 2. The number of nitrogens with zero attached hydrogens (tertiary/aromatic N) is 3. The number of rotatable bonds is 6. The van der Waals surface area contributed by atoms with Gasteiger partial charge in [0.25, 0.3) is 6.71 Å². The van der Waals surface area contributed by atoms with Crippen molar-refractivity contribution in [3.63, 3.8) is 0 Å². The molecule has 0 saturated heterocycles. The van der Waals surface area contributed by atoms with Gasteiger partial charge in [0.2, 0.25) is 0 Å². The van der Waals surface area contributed by atoms with Crippen molar-refractivity contribution in [2.75, 3.05) is 0 Å². The number of ether oxygens (including phenoxy) is 2. The first-order valence-corrected chi connectivity index (χ1v) is 24.9. The molecule has 72 heavy (non-hydrogen) atoms. The third-order valence-corrected chi connectivity index (χ3v) is 14.1. The summed E-state index contributed by atoms with van der Waals surface area (Å²) in [5, 5.41) is 0. The zero-order valence-electron chi connectivity index (χ0n) is 43.4. The van der Waals surface area contributed by atoms with Crippen molar-refractivity contribution in [1.29, 1.82) is 0 Å². The number of benzene rings is 7. The van der Waals surface area contributed by atoms with E-state index in [2.05, 4.69) is 194 Å². The Kier molecular flexibility index (Phi) is 13.6. The van der Waals surface area contributed by atoms with Gasteiger partial charge in [0, 0.05) is 43.3 Å². The Bertz CT molecular complexity index is 3390. The number of hydrogen-bond acceptors (Lipinski definition) is 4. The largest absolute Gasteiger partial charge is 0.458 e. The molecule has 0 saturated carbocycles. The van der Waals surface area contributed by atoms with E-state index in [9.17, 15) is 4.39 Å². The summed E-state index contributed by atoms with van der Waals surface area (Å²) in [6.45, 7) is 26.7. The third kappa shape index (κ3) is 9.48. The fraction of sp³-hybridized carbons (Fsp3) is 0.250. The molecule has 0 unspecified atom stereocenters. The van der Waals surface area contributed by atoms with Crippen LogP contribution in [0.3, 0.4) is 0 Å². The van der Waals surface area contributed by atoms with E-state index in [4.69, 9.17) is 14.5 Å². The average molecular weight is 1130 g/mol. The van der Waals surface area contributed by atoms with E-state index in [1.54, 1.807) is 6.07 Å². The molecule has 0 atom stereocenters. The van der Waals surface area contributed by atoms with Crippen LogP contribution >= 0.6 is 0 Å². The molecule has 0 spiro atoms. The van der Waals surface area contributed by atoms with Gasteiger partial charge in [-0.15, -0.1) is 65.2 Å². The van der Waals surface area contributed by atoms with Crippen LogP contribution in [-0.4, -0.2) is 21.2 Å². The molecule has 11 rings (SSSR count). The summed E-state index contributed by atoms with van der Waals surface area (Å²) in [7, 11) is 0. The van der Waals surface area contributed by atoms with Crippen LogP contribution in [0.4, 0.5) is 4.39 Å². The average Bonchev–Trinajstić information content (AvgIpc) is 3.73. The number of fused-ring (bicyclic) bond motifs is 5. The van der Waals surface area contributed by atoms with Crippen molar-refractivity contribution in [3.05, 3.63) is 191 Å². The smallest absolute Gasteiger partial charge is 0.260 e. The normalized spacial score (nSPS) is 12.6. The van der Waals surface area contributed by atoms with E-state index in [-0.39, 0.29) is 43.5 Å². The molecule has 2 aliphatic heterocycles. The number of imidazole rings is 1. The minimum atomic E-state index is -0.275. The van der Waals surface area contributed by atoms with Crippen molar-refractivity contribution < 1.29 is 34.0 Å². The van der Waals surface area contributed by atoms with E-state index in [0.29, 0.717) is 11.8 Å². The van der Waals surface area contributed by atoms with Gasteiger partial charge in [0.1, 0.15) is 23.0 Å². The molecule has 0 bridgehead atoms. The van der Waals surface area contributed by atoms with E-state index in [1.807, 2.05) is 32.2 Å². The van der Waals surface area contributed by atoms with Gasteiger partial charge in [-0.05, 0) is 123 Å². The van der Waals surface area contributed by atoms with Gasteiger partial charge in [-0.25, -0.2) is 0 Å². The van der Waals surface area contributed by atoms with Crippen molar-refractivity contribution in [1.82, 2.24) is 14.5 Å². The van der Waals surface area contributed by atoms with Crippen molar-refractivity contribution >= 4 is 34.1 Å². The summed E-state index contributed by atoms with van der Waals surface area (Å²) in [4.78, 5) is 9.58. The van der Waals surface area contributed by atoms with Gasteiger partial charge >= 0.3 is 0 Å². The maximum atomic E-state index is 12.7. The molecule has 5 nitrogen and oxygen atoms in total. The molecule has 0 aliphatic carbocycles. The van der Waals surface area contributed by atoms with Crippen molar-refractivity contribution in [3.8, 4) is 62.5 Å². The molecule has 9 aromatic rings. The van der Waals surface area contributed by atoms with E-state index in [1.165, 1.54) is 56.6 Å². The van der Waals surface area contributed by atoms with Gasteiger partial charge in [0.15, 0.2) is 0 Å². The van der Waals surface area contributed by atoms with Crippen LogP contribution in [0.15, 0.2) is 140 Å². The number of aromatic nitrogens is 3. The summed E-state index contributed by atoms with van der Waals surface area (Å²) < 4.78 is 28.8. The van der Waals surface area contributed by atoms with E-state index >= 15 is 0 Å². The van der Waals surface area contributed by atoms with E-state index < -0.39 is 0 Å². The monoisotopic (exact) mass is 1130 g/mol. The molecule has 0 fully saturated rings. The van der Waals surface area contributed by atoms with Gasteiger partial charge in [-0.1, -0.05) is 135 Å². The minimum absolute atomic E-state index is 0. The third-order valence-electron chi connectivity index (χ3n) is 14.1. The Balaban J connectivity index is 0.000000342. The van der Waals surface area contributed by atoms with Gasteiger partial charge in [-0.2, -0.15) is 0 Å². The molecule has 0 N–H and O–H groups in total. The van der Waals surface area contributed by atoms with Crippen LogP contribution in [0.5, 0.6) is 23.0 Å². The van der Waals surface area contributed by atoms with E-state index in [0.717, 1.165) is 78.8 Å². The second kappa shape index (κ2) is 19.4. The predicted molar refractivity (Wildman–Crippen MR) is 292 cm³/mol. The fourth-order valence-electron chi connectivity index (χ4n) is 9.92. The zero-order valence-corrected chi connectivity index (χ0v) is 45.8. The van der Waals surface area contributed by atoms with Crippen LogP contribution in [-0.2, 0) is 30.9 Å². The Morgan fingerprint density at radius 3 is 1.78 bits per heavy atom. The van der Waals surface area contributed by atoms with Crippen LogP contribution in [0.25, 0.3) is 50.5 Å². The first-order chi connectivity index (χ1) is 33.8. The molecule has 8 heteroatoms. The Labute approximate surface area is 439 Å². The van der Waals surface area contributed by atoms with Crippen molar-refractivity contribution in [2.24, 2.45) is 0 Å². The van der Waals surface area contributed by atoms with Crippen LogP contribution in [0, 0.1) is 31.8 Å². The number of halogens is 1. The molecule has 2 aromatic heterocycles. The fourth-order valence-corrected chi connectivity index (χ4v) is 9.92. The molecule has 365 valence electrons. The second-order valence-electron chi connectivity index (χ2n) is 21.9. The Hall–Kier alpha value is -6.60. The molecule has 2 aliphatic rings.